The number of hydrogen-bond acceptors (Lipinski definition) is 2. The first kappa shape index (κ1) is 15.0. The van der Waals surface area contributed by atoms with Crippen molar-refractivity contribution in [1.29, 1.82) is 0 Å². The molecule has 0 aromatic heterocycles. The topological polar surface area (TPSA) is 26.3 Å². The van der Waals surface area contributed by atoms with Crippen molar-refractivity contribution in [2.45, 2.75) is 0 Å². The molecule has 0 amide bonds. The predicted octanol–water partition coefficient (Wildman–Crippen LogP) is 3.62. The minimum atomic E-state index is -1.57. The molecule has 21 heavy (non-hydrogen) atoms. The van der Waals surface area contributed by atoms with E-state index in [1.165, 1.54) is 0 Å². The largest absolute Gasteiger partial charge is 0.497 e. The molecule has 0 aliphatic heterocycles. The van der Waals surface area contributed by atoms with Crippen LogP contribution in [0, 0.1) is 29.1 Å². The molecule has 0 saturated heterocycles. The van der Waals surface area contributed by atoms with Crippen molar-refractivity contribution in [2.24, 2.45) is 0 Å². The molecule has 110 valence electrons. The van der Waals surface area contributed by atoms with Crippen LogP contribution in [0.1, 0.15) is 15.9 Å². The fourth-order valence-corrected chi connectivity index (χ4v) is 1.77. The van der Waals surface area contributed by atoms with Gasteiger partial charge in [0.2, 0.25) is 5.78 Å². The van der Waals surface area contributed by atoms with Gasteiger partial charge in [-0.15, -0.1) is 0 Å². The lowest BCUT2D eigenvalue weighted by atomic mass is 10.0. The number of carbonyl (C=O) groups is 1. The van der Waals surface area contributed by atoms with Crippen molar-refractivity contribution in [3.8, 4) is 5.75 Å². The molecule has 0 saturated carbocycles. The molecule has 7 heteroatoms. The molecular weight excluding hydrogens is 295 g/mol. The van der Waals surface area contributed by atoms with Gasteiger partial charge in [0, 0.05) is 24.3 Å². The highest BCUT2D eigenvalue weighted by atomic mass is 19.2. The zero-order valence-electron chi connectivity index (χ0n) is 10.5. The summed E-state index contributed by atoms with van der Waals surface area (Å²) in [5, 5.41) is 0. The first-order valence-corrected chi connectivity index (χ1v) is 5.57. The fraction of sp³-hybridized carbons (Fsp3) is 0.0714. The van der Waals surface area contributed by atoms with Gasteiger partial charge < -0.3 is 4.74 Å². The normalized spacial score (nSPS) is 10.6. The number of ketones is 1. The molecule has 2 rings (SSSR count). The zero-order valence-corrected chi connectivity index (χ0v) is 10.5. The summed E-state index contributed by atoms with van der Waals surface area (Å²) in [7, 11) is 1.15. The molecule has 0 radical (unpaired) electrons. The summed E-state index contributed by atoms with van der Waals surface area (Å²) in [4.78, 5) is 11.9. The number of rotatable bonds is 3. The Bertz CT molecular complexity index is 681. The summed E-state index contributed by atoms with van der Waals surface area (Å²) >= 11 is 0. The molecule has 0 heterocycles. The van der Waals surface area contributed by atoms with E-state index in [0.717, 1.165) is 7.11 Å². The number of carbonyl (C=O) groups excluding carboxylic acids is 1. The lowest BCUT2D eigenvalue weighted by Crippen LogP contribution is -2.12. The van der Waals surface area contributed by atoms with Gasteiger partial charge in [0.05, 0.1) is 18.2 Å². The van der Waals surface area contributed by atoms with Crippen molar-refractivity contribution >= 4 is 5.78 Å². The summed E-state index contributed by atoms with van der Waals surface area (Å²) in [6.45, 7) is 0. The Morgan fingerprint density at radius 2 is 1.19 bits per heavy atom. The Morgan fingerprint density at radius 3 is 1.57 bits per heavy atom. The van der Waals surface area contributed by atoms with E-state index in [-0.39, 0.29) is 17.9 Å². The van der Waals surface area contributed by atoms with Gasteiger partial charge in [0.25, 0.3) is 0 Å². The summed E-state index contributed by atoms with van der Waals surface area (Å²) in [5.74, 6) is -8.82. The molecule has 0 fully saturated rings. The molecule has 0 spiro atoms. The lowest BCUT2D eigenvalue weighted by molar-refractivity contribution is 0.102. The first-order chi connectivity index (χ1) is 9.85. The van der Waals surface area contributed by atoms with Gasteiger partial charge in [-0.25, -0.2) is 22.0 Å². The third kappa shape index (κ3) is 2.72. The Balaban J connectivity index is 2.61. The van der Waals surface area contributed by atoms with Crippen molar-refractivity contribution < 1.29 is 31.5 Å². The SMILES string of the molecule is COc1cc(F)c(C(=O)c2c(F)cc(F)cc2F)c(F)c1. The minimum absolute atomic E-state index is 0.207. The van der Waals surface area contributed by atoms with Crippen LogP contribution in [-0.4, -0.2) is 12.9 Å². The molecule has 2 aromatic carbocycles. The average molecular weight is 302 g/mol. The zero-order chi connectivity index (χ0) is 15.7. The van der Waals surface area contributed by atoms with Gasteiger partial charge >= 0.3 is 0 Å². The molecule has 0 aliphatic rings. The number of hydrogen-bond donors (Lipinski definition) is 0. The van der Waals surface area contributed by atoms with Gasteiger partial charge in [0.1, 0.15) is 34.8 Å². The van der Waals surface area contributed by atoms with Gasteiger partial charge in [-0.3, -0.25) is 4.79 Å². The van der Waals surface area contributed by atoms with E-state index < -0.39 is 46.0 Å². The van der Waals surface area contributed by atoms with E-state index in [1.54, 1.807) is 0 Å². The highest BCUT2D eigenvalue weighted by molar-refractivity contribution is 6.09. The van der Waals surface area contributed by atoms with E-state index in [0.29, 0.717) is 12.1 Å². The maximum absolute atomic E-state index is 13.7. The molecule has 0 N–H and O–H groups in total. The first-order valence-electron chi connectivity index (χ1n) is 5.57. The van der Waals surface area contributed by atoms with Crippen LogP contribution in [0.4, 0.5) is 22.0 Å². The van der Waals surface area contributed by atoms with E-state index in [1.807, 2.05) is 0 Å². The Morgan fingerprint density at radius 1 is 0.810 bits per heavy atom. The number of halogens is 5. The third-order valence-corrected chi connectivity index (χ3v) is 2.71. The van der Waals surface area contributed by atoms with Crippen LogP contribution in [0.2, 0.25) is 0 Å². The van der Waals surface area contributed by atoms with Gasteiger partial charge in [0.15, 0.2) is 0 Å². The molecule has 0 unspecified atom stereocenters. The van der Waals surface area contributed by atoms with Crippen LogP contribution in [0.15, 0.2) is 24.3 Å². The smallest absolute Gasteiger partial charge is 0.204 e. The summed E-state index contributed by atoms with van der Waals surface area (Å²) in [6.07, 6.45) is 0. The molecule has 0 atom stereocenters. The molecule has 2 aromatic rings. The van der Waals surface area contributed by atoms with Gasteiger partial charge in [-0.1, -0.05) is 0 Å². The second-order valence-corrected chi connectivity index (χ2v) is 4.04. The molecular formula is C14H7F5O2. The monoisotopic (exact) mass is 302 g/mol. The fourth-order valence-electron chi connectivity index (χ4n) is 1.77. The highest BCUT2D eigenvalue weighted by Gasteiger charge is 2.26. The Hall–Kier alpha value is -2.44. The van der Waals surface area contributed by atoms with Crippen LogP contribution in [0.25, 0.3) is 0 Å². The second kappa shape index (κ2) is 5.51. The van der Waals surface area contributed by atoms with Crippen LogP contribution < -0.4 is 4.74 Å². The van der Waals surface area contributed by atoms with E-state index in [2.05, 4.69) is 4.74 Å². The summed E-state index contributed by atoms with van der Waals surface area (Å²) < 4.78 is 71.8. The minimum Gasteiger partial charge on any atom is -0.497 e. The standard InChI is InChI=1S/C14H7F5O2/c1-21-7-4-10(18)13(11(19)5-7)14(20)12-8(16)2-6(15)3-9(12)17/h2-5H,1H3. The molecule has 0 aliphatic carbocycles. The molecule has 2 nitrogen and oxygen atoms in total. The van der Waals surface area contributed by atoms with Crippen LogP contribution in [-0.2, 0) is 0 Å². The maximum atomic E-state index is 13.7. The Labute approximate surface area is 115 Å². The van der Waals surface area contributed by atoms with Crippen LogP contribution in [0.5, 0.6) is 5.75 Å². The summed E-state index contributed by atoms with van der Waals surface area (Å²) in [5.41, 5.74) is -2.39. The lowest BCUT2D eigenvalue weighted by Gasteiger charge is -2.08. The summed E-state index contributed by atoms with van der Waals surface area (Å²) in [6, 6.07) is 1.87. The van der Waals surface area contributed by atoms with Crippen LogP contribution in [0.3, 0.4) is 0 Å². The quantitative estimate of drug-likeness (QED) is 0.639. The van der Waals surface area contributed by atoms with Gasteiger partial charge in [-0.2, -0.15) is 0 Å². The van der Waals surface area contributed by atoms with E-state index >= 15 is 0 Å². The average Bonchev–Trinajstić information content (AvgIpc) is 2.36. The van der Waals surface area contributed by atoms with E-state index in [9.17, 15) is 26.7 Å². The number of ether oxygens (including phenoxy) is 1. The van der Waals surface area contributed by atoms with Crippen molar-refractivity contribution in [2.75, 3.05) is 7.11 Å². The predicted molar refractivity (Wildman–Crippen MR) is 62.7 cm³/mol. The van der Waals surface area contributed by atoms with Crippen molar-refractivity contribution in [3.05, 3.63) is 64.5 Å². The second-order valence-electron chi connectivity index (χ2n) is 4.04. The van der Waals surface area contributed by atoms with Gasteiger partial charge in [-0.05, 0) is 0 Å². The molecule has 0 bridgehead atoms. The highest BCUT2D eigenvalue weighted by Crippen LogP contribution is 2.25. The van der Waals surface area contributed by atoms with Crippen LogP contribution >= 0.6 is 0 Å². The number of benzene rings is 2. The van der Waals surface area contributed by atoms with E-state index in [4.69, 9.17) is 0 Å². The Kier molecular flexibility index (Phi) is 3.93. The maximum Gasteiger partial charge on any atom is 0.204 e. The van der Waals surface area contributed by atoms with Crippen molar-refractivity contribution in [3.63, 3.8) is 0 Å². The number of methoxy groups -OCH3 is 1. The van der Waals surface area contributed by atoms with Crippen molar-refractivity contribution in [1.82, 2.24) is 0 Å². The third-order valence-electron chi connectivity index (χ3n) is 2.71.